The Morgan fingerprint density at radius 2 is 2.05 bits per heavy atom. The van der Waals surface area contributed by atoms with Crippen molar-refractivity contribution in [1.82, 2.24) is 5.32 Å². The Morgan fingerprint density at radius 3 is 2.68 bits per heavy atom. The van der Waals surface area contributed by atoms with Crippen molar-refractivity contribution < 1.29 is 14.3 Å². The molecule has 120 valence electrons. The van der Waals surface area contributed by atoms with Crippen molar-refractivity contribution >= 4 is 17.5 Å². The summed E-state index contributed by atoms with van der Waals surface area (Å²) < 4.78 is 5.11. The van der Waals surface area contributed by atoms with Gasteiger partial charge in [0, 0.05) is 25.2 Å². The number of hydrogen-bond donors (Lipinski definition) is 1. The van der Waals surface area contributed by atoms with Crippen molar-refractivity contribution in [2.75, 3.05) is 25.1 Å². The Kier molecular flexibility index (Phi) is 5.81. The molecule has 5 nitrogen and oxygen atoms in total. The normalized spacial score (nSPS) is 17.6. The predicted octanol–water partition coefficient (Wildman–Crippen LogP) is 2.35. The Hall–Kier alpha value is -2.04. The molecule has 2 amide bonds. The molecule has 1 aliphatic heterocycles. The fourth-order valence-electron chi connectivity index (χ4n) is 2.63. The Morgan fingerprint density at radius 1 is 1.32 bits per heavy atom. The average molecular weight is 304 g/mol. The lowest BCUT2D eigenvalue weighted by molar-refractivity contribution is -0.126. The molecular formula is C17H24N2O3. The van der Waals surface area contributed by atoms with Gasteiger partial charge in [0.1, 0.15) is 5.75 Å². The highest BCUT2D eigenvalue weighted by atomic mass is 16.5. The van der Waals surface area contributed by atoms with Crippen molar-refractivity contribution in [3.8, 4) is 5.75 Å². The van der Waals surface area contributed by atoms with Crippen LogP contribution in [0.2, 0.25) is 0 Å². The number of carbonyl (C=O) groups is 2. The van der Waals surface area contributed by atoms with Crippen LogP contribution in [0.4, 0.5) is 5.69 Å². The van der Waals surface area contributed by atoms with Crippen LogP contribution in [-0.2, 0) is 9.59 Å². The van der Waals surface area contributed by atoms with Crippen LogP contribution >= 0.6 is 0 Å². The summed E-state index contributed by atoms with van der Waals surface area (Å²) in [4.78, 5) is 25.9. The summed E-state index contributed by atoms with van der Waals surface area (Å²) in [5.41, 5.74) is 0.812. The lowest BCUT2D eigenvalue weighted by Crippen LogP contribution is -2.33. The fourth-order valence-corrected chi connectivity index (χ4v) is 2.63. The molecule has 1 atom stereocenters. The van der Waals surface area contributed by atoms with Crippen LogP contribution in [-0.4, -0.2) is 32.0 Å². The maximum Gasteiger partial charge on any atom is 0.227 e. The third-order valence-electron chi connectivity index (χ3n) is 3.96. The second-order valence-corrected chi connectivity index (χ2v) is 5.60. The van der Waals surface area contributed by atoms with Crippen LogP contribution in [0, 0.1) is 5.92 Å². The second kappa shape index (κ2) is 7.82. The van der Waals surface area contributed by atoms with Crippen molar-refractivity contribution in [2.45, 2.75) is 32.6 Å². The molecule has 1 heterocycles. The van der Waals surface area contributed by atoms with Gasteiger partial charge in [-0.05, 0) is 30.7 Å². The van der Waals surface area contributed by atoms with Crippen LogP contribution < -0.4 is 15.0 Å². The van der Waals surface area contributed by atoms with Crippen molar-refractivity contribution in [1.29, 1.82) is 0 Å². The Bertz CT molecular complexity index is 513. The number of methoxy groups -OCH3 is 1. The van der Waals surface area contributed by atoms with Gasteiger partial charge in [0.15, 0.2) is 0 Å². The average Bonchev–Trinajstić information content (AvgIpc) is 2.93. The molecule has 1 fully saturated rings. The number of carbonyl (C=O) groups excluding carboxylic acids is 2. The van der Waals surface area contributed by atoms with Gasteiger partial charge in [-0.3, -0.25) is 9.59 Å². The lowest BCUT2D eigenvalue weighted by Gasteiger charge is -2.17. The van der Waals surface area contributed by atoms with Crippen LogP contribution in [0.3, 0.4) is 0 Å². The van der Waals surface area contributed by atoms with Crippen LogP contribution in [0.1, 0.15) is 32.6 Å². The van der Waals surface area contributed by atoms with E-state index < -0.39 is 0 Å². The van der Waals surface area contributed by atoms with Crippen LogP contribution in [0.5, 0.6) is 5.75 Å². The molecular weight excluding hydrogens is 280 g/mol. The van der Waals surface area contributed by atoms with Gasteiger partial charge >= 0.3 is 0 Å². The molecule has 0 spiro atoms. The van der Waals surface area contributed by atoms with E-state index in [2.05, 4.69) is 12.2 Å². The molecule has 0 aromatic heterocycles. The van der Waals surface area contributed by atoms with E-state index in [0.29, 0.717) is 13.1 Å². The van der Waals surface area contributed by atoms with Gasteiger partial charge in [0.2, 0.25) is 11.8 Å². The molecule has 1 unspecified atom stereocenters. The van der Waals surface area contributed by atoms with Gasteiger partial charge in [-0.25, -0.2) is 0 Å². The van der Waals surface area contributed by atoms with Crippen molar-refractivity contribution in [2.24, 2.45) is 5.92 Å². The molecule has 1 saturated heterocycles. The van der Waals surface area contributed by atoms with Gasteiger partial charge in [0.25, 0.3) is 0 Å². The highest BCUT2D eigenvalue weighted by Crippen LogP contribution is 2.26. The van der Waals surface area contributed by atoms with E-state index in [9.17, 15) is 9.59 Å². The summed E-state index contributed by atoms with van der Waals surface area (Å²) in [5.74, 6) is 0.483. The summed E-state index contributed by atoms with van der Waals surface area (Å²) in [7, 11) is 1.61. The molecule has 5 heteroatoms. The summed E-state index contributed by atoms with van der Waals surface area (Å²) in [5, 5.41) is 2.93. The van der Waals surface area contributed by atoms with E-state index in [0.717, 1.165) is 30.7 Å². The van der Waals surface area contributed by atoms with Gasteiger partial charge in [-0.2, -0.15) is 0 Å². The third kappa shape index (κ3) is 4.00. The summed E-state index contributed by atoms with van der Waals surface area (Å²) >= 11 is 0. The van der Waals surface area contributed by atoms with Gasteiger partial charge in [-0.1, -0.05) is 19.8 Å². The van der Waals surface area contributed by atoms with Crippen LogP contribution in [0.15, 0.2) is 24.3 Å². The van der Waals surface area contributed by atoms with E-state index in [-0.39, 0.29) is 24.2 Å². The number of anilines is 1. The first-order valence-electron chi connectivity index (χ1n) is 7.87. The first-order chi connectivity index (χ1) is 10.7. The molecule has 0 radical (unpaired) electrons. The number of amides is 2. The molecule has 0 saturated carbocycles. The van der Waals surface area contributed by atoms with Gasteiger partial charge in [0.05, 0.1) is 13.0 Å². The monoisotopic (exact) mass is 304 g/mol. The summed E-state index contributed by atoms with van der Waals surface area (Å²) in [6, 6.07) is 7.33. The molecule has 1 aromatic rings. The zero-order chi connectivity index (χ0) is 15.9. The van der Waals surface area contributed by atoms with Crippen LogP contribution in [0.25, 0.3) is 0 Å². The number of ether oxygens (including phenoxy) is 1. The standard InChI is InChI=1S/C17H24N2O3/c1-3-4-5-10-18-17(21)13-11-16(20)19(12-13)14-6-8-15(22-2)9-7-14/h6-9,13H,3-5,10-12H2,1-2H3,(H,18,21). The van der Waals surface area contributed by atoms with E-state index in [1.807, 2.05) is 24.3 Å². The predicted molar refractivity (Wildman–Crippen MR) is 86.0 cm³/mol. The second-order valence-electron chi connectivity index (χ2n) is 5.60. The number of benzene rings is 1. The quantitative estimate of drug-likeness (QED) is 0.787. The van der Waals surface area contributed by atoms with Gasteiger partial charge in [-0.15, -0.1) is 0 Å². The number of hydrogen-bond acceptors (Lipinski definition) is 3. The maximum atomic E-state index is 12.1. The number of unbranched alkanes of at least 4 members (excludes halogenated alkanes) is 2. The number of nitrogens with zero attached hydrogens (tertiary/aromatic N) is 1. The first-order valence-corrected chi connectivity index (χ1v) is 7.87. The minimum absolute atomic E-state index is 0.00104. The molecule has 0 bridgehead atoms. The number of nitrogens with one attached hydrogen (secondary N) is 1. The fraction of sp³-hybridized carbons (Fsp3) is 0.529. The zero-order valence-corrected chi connectivity index (χ0v) is 13.3. The van der Waals surface area contributed by atoms with E-state index in [1.165, 1.54) is 0 Å². The highest BCUT2D eigenvalue weighted by molar-refractivity contribution is 6.00. The smallest absolute Gasteiger partial charge is 0.227 e. The topological polar surface area (TPSA) is 58.6 Å². The Balaban J connectivity index is 1.90. The van der Waals surface area contributed by atoms with Crippen molar-refractivity contribution in [3.05, 3.63) is 24.3 Å². The van der Waals surface area contributed by atoms with Crippen molar-refractivity contribution in [3.63, 3.8) is 0 Å². The molecule has 2 rings (SSSR count). The third-order valence-corrected chi connectivity index (χ3v) is 3.96. The minimum Gasteiger partial charge on any atom is -0.497 e. The van der Waals surface area contributed by atoms with E-state index in [1.54, 1.807) is 12.0 Å². The number of rotatable bonds is 7. The molecule has 1 aliphatic rings. The highest BCUT2D eigenvalue weighted by Gasteiger charge is 2.34. The lowest BCUT2D eigenvalue weighted by atomic mass is 10.1. The van der Waals surface area contributed by atoms with E-state index >= 15 is 0 Å². The zero-order valence-electron chi connectivity index (χ0n) is 13.3. The molecule has 1 aromatic carbocycles. The molecule has 22 heavy (non-hydrogen) atoms. The SMILES string of the molecule is CCCCCNC(=O)C1CC(=O)N(c2ccc(OC)cc2)C1. The van der Waals surface area contributed by atoms with E-state index in [4.69, 9.17) is 4.74 Å². The summed E-state index contributed by atoms with van der Waals surface area (Å²) in [6.07, 6.45) is 3.52. The first kappa shape index (κ1) is 16.3. The maximum absolute atomic E-state index is 12.1. The van der Waals surface area contributed by atoms with Gasteiger partial charge < -0.3 is 15.0 Å². The minimum atomic E-state index is -0.253. The largest absolute Gasteiger partial charge is 0.497 e. The molecule has 0 aliphatic carbocycles. The summed E-state index contributed by atoms with van der Waals surface area (Å²) in [6.45, 7) is 3.27. The Labute approximate surface area is 131 Å². The molecule has 1 N–H and O–H groups in total.